The minimum atomic E-state index is -0.178. The number of hydrogen-bond acceptors (Lipinski definition) is 3. The zero-order valence-electron chi connectivity index (χ0n) is 13.5. The molecule has 2 N–H and O–H groups in total. The van der Waals surface area contributed by atoms with Gasteiger partial charge in [-0.3, -0.25) is 0 Å². The fraction of sp³-hybridized carbons (Fsp3) is 0.588. The molecule has 0 unspecified atom stereocenters. The molecule has 1 aromatic carbocycles. The van der Waals surface area contributed by atoms with Crippen LogP contribution < -0.4 is 15.4 Å². The second-order valence-corrected chi connectivity index (χ2v) is 5.70. The van der Waals surface area contributed by atoms with Crippen LogP contribution in [-0.4, -0.2) is 32.4 Å². The van der Waals surface area contributed by atoms with Crippen molar-refractivity contribution in [2.75, 3.05) is 25.6 Å². The zero-order chi connectivity index (χ0) is 15.8. The second kappa shape index (κ2) is 8.63. The number of unbranched alkanes of at least 4 members (excludes halogenated alkanes) is 1. The molecule has 1 aromatic rings. The van der Waals surface area contributed by atoms with E-state index in [2.05, 4.69) is 10.6 Å². The maximum Gasteiger partial charge on any atom is 0.319 e. The van der Waals surface area contributed by atoms with E-state index in [0.29, 0.717) is 12.6 Å². The molecule has 1 heterocycles. The van der Waals surface area contributed by atoms with Crippen molar-refractivity contribution in [1.29, 1.82) is 0 Å². The molecule has 5 heteroatoms. The topological polar surface area (TPSA) is 59.6 Å². The number of anilines is 1. The largest absolute Gasteiger partial charge is 0.496 e. The van der Waals surface area contributed by atoms with Crippen LogP contribution in [-0.2, 0) is 4.74 Å². The number of amides is 2. The molecule has 1 saturated heterocycles. The average molecular weight is 306 g/mol. The fourth-order valence-corrected chi connectivity index (χ4v) is 2.64. The number of ether oxygens (including phenoxy) is 2. The van der Waals surface area contributed by atoms with Gasteiger partial charge in [-0.05, 0) is 50.7 Å². The molecular formula is C17H26N2O3. The highest BCUT2D eigenvalue weighted by atomic mass is 16.5. The first-order valence-corrected chi connectivity index (χ1v) is 8.00. The fourth-order valence-electron chi connectivity index (χ4n) is 2.64. The Labute approximate surface area is 132 Å². The average Bonchev–Trinajstić information content (AvgIpc) is 3.02. The lowest BCUT2D eigenvalue weighted by Gasteiger charge is -2.11. The minimum Gasteiger partial charge on any atom is -0.496 e. The summed E-state index contributed by atoms with van der Waals surface area (Å²) in [5.41, 5.74) is 1.78. The van der Waals surface area contributed by atoms with Gasteiger partial charge in [-0.15, -0.1) is 0 Å². The number of aryl methyl sites for hydroxylation is 1. The normalized spacial score (nSPS) is 17.3. The number of benzene rings is 1. The Bertz CT molecular complexity index is 485. The van der Waals surface area contributed by atoms with Gasteiger partial charge in [0.1, 0.15) is 5.75 Å². The van der Waals surface area contributed by atoms with Crippen LogP contribution in [0.15, 0.2) is 18.2 Å². The Morgan fingerprint density at radius 3 is 3.00 bits per heavy atom. The van der Waals surface area contributed by atoms with Gasteiger partial charge in [-0.25, -0.2) is 4.79 Å². The Morgan fingerprint density at radius 2 is 2.27 bits per heavy atom. The van der Waals surface area contributed by atoms with Crippen molar-refractivity contribution < 1.29 is 14.3 Å². The molecule has 0 saturated carbocycles. The van der Waals surface area contributed by atoms with E-state index in [0.717, 1.165) is 42.9 Å². The van der Waals surface area contributed by atoms with Crippen LogP contribution in [0.2, 0.25) is 0 Å². The number of methoxy groups -OCH3 is 1. The van der Waals surface area contributed by atoms with Crippen LogP contribution in [0.4, 0.5) is 10.5 Å². The van der Waals surface area contributed by atoms with E-state index in [4.69, 9.17) is 9.47 Å². The number of hydrogen-bond donors (Lipinski definition) is 2. The van der Waals surface area contributed by atoms with Crippen molar-refractivity contribution >= 4 is 11.7 Å². The number of carbonyl (C=O) groups excluding carboxylic acids is 1. The Morgan fingerprint density at radius 1 is 1.41 bits per heavy atom. The molecule has 1 fully saturated rings. The first-order valence-electron chi connectivity index (χ1n) is 8.00. The molecule has 0 spiro atoms. The van der Waals surface area contributed by atoms with Crippen LogP contribution in [0.1, 0.15) is 37.7 Å². The highest BCUT2D eigenvalue weighted by Crippen LogP contribution is 2.22. The summed E-state index contributed by atoms with van der Waals surface area (Å²) in [4.78, 5) is 11.8. The van der Waals surface area contributed by atoms with E-state index >= 15 is 0 Å². The van der Waals surface area contributed by atoms with Gasteiger partial charge in [0.05, 0.1) is 13.2 Å². The molecule has 22 heavy (non-hydrogen) atoms. The van der Waals surface area contributed by atoms with Crippen molar-refractivity contribution in [2.45, 2.75) is 45.1 Å². The highest BCUT2D eigenvalue weighted by molar-refractivity contribution is 5.89. The van der Waals surface area contributed by atoms with Gasteiger partial charge in [-0.1, -0.05) is 6.07 Å². The lowest BCUT2D eigenvalue weighted by molar-refractivity contribution is 0.102. The molecule has 122 valence electrons. The first kappa shape index (κ1) is 16.6. The number of urea groups is 1. The summed E-state index contributed by atoms with van der Waals surface area (Å²) in [6.45, 7) is 3.56. The summed E-state index contributed by atoms with van der Waals surface area (Å²) in [6.07, 6.45) is 5.97. The van der Waals surface area contributed by atoms with Gasteiger partial charge in [0.15, 0.2) is 0 Å². The molecule has 2 amide bonds. The predicted molar refractivity (Wildman–Crippen MR) is 87.6 cm³/mol. The Balaban J connectivity index is 1.63. The van der Waals surface area contributed by atoms with E-state index in [1.165, 1.54) is 12.8 Å². The van der Waals surface area contributed by atoms with Crippen LogP contribution in [0.3, 0.4) is 0 Å². The maximum atomic E-state index is 11.8. The van der Waals surface area contributed by atoms with E-state index in [1.54, 1.807) is 7.11 Å². The van der Waals surface area contributed by atoms with E-state index in [9.17, 15) is 4.79 Å². The Kier molecular flexibility index (Phi) is 6.52. The SMILES string of the molecule is COc1cc(NC(=O)NCCCC[C@@H]2CCCO2)ccc1C. The van der Waals surface area contributed by atoms with Gasteiger partial charge in [0.25, 0.3) is 0 Å². The molecule has 0 aliphatic carbocycles. The summed E-state index contributed by atoms with van der Waals surface area (Å²) >= 11 is 0. The molecular weight excluding hydrogens is 280 g/mol. The third-order valence-electron chi connectivity index (χ3n) is 3.93. The standard InChI is InChI=1S/C17H26N2O3/c1-13-8-9-14(12-16(13)21-2)19-17(20)18-10-4-3-6-15-7-5-11-22-15/h8-9,12,15H,3-7,10-11H2,1-2H3,(H2,18,19,20)/t15-/m1/s1. The summed E-state index contributed by atoms with van der Waals surface area (Å²) in [7, 11) is 1.63. The van der Waals surface area contributed by atoms with Gasteiger partial charge in [0.2, 0.25) is 0 Å². The number of rotatable bonds is 7. The third-order valence-corrected chi connectivity index (χ3v) is 3.93. The van der Waals surface area contributed by atoms with Crippen LogP contribution >= 0.6 is 0 Å². The lowest BCUT2D eigenvalue weighted by Crippen LogP contribution is -2.29. The predicted octanol–water partition coefficient (Wildman–Crippen LogP) is 3.47. The molecule has 1 aliphatic heterocycles. The molecule has 0 bridgehead atoms. The molecule has 1 aliphatic rings. The lowest BCUT2D eigenvalue weighted by atomic mass is 10.1. The van der Waals surface area contributed by atoms with Crippen molar-refractivity contribution in [3.8, 4) is 5.75 Å². The van der Waals surface area contributed by atoms with E-state index in [-0.39, 0.29) is 6.03 Å². The third kappa shape index (κ3) is 5.22. The minimum absolute atomic E-state index is 0.178. The quantitative estimate of drug-likeness (QED) is 0.758. The summed E-state index contributed by atoms with van der Waals surface area (Å²) in [6, 6.07) is 5.44. The molecule has 2 rings (SSSR count). The van der Waals surface area contributed by atoms with Crippen molar-refractivity contribution in [3.05, 3.63) is 23.8 Å². The van der Waals surface area contributed by atoms with Crippen LogP contribution in [0, 0.1) is 6.92 Å². The smallest absolute Gasteiger partial charge is 0.319 e. The zero-order valence-corrected chi connectivity index (χ0v) is 13.5. The first-order chi connectivity index (χ1) is 10.7. The molecule has 5 nitrogen and oxygen atoms in total. The summed E-state index contributed by atoms with van der Waals surface area (Å²) < 4.78 is 10.8. The van der Waals surface area contributed by atoms with Gasteiger partial charge in [-0.2, -0.15) is 0 Å². The van der Waals surface area contributed by atoms with E-state index in [1.807, 2.05) is 25.1 Å². The number of carbonyl (C=O) groups is 1. The summed E-state index contributed by atoms with van der Waals surface area (Å²) in [5.74, 6) is 0.773. The maximum absolute atomic E-state index is 11.8. The van der Waals surface area contributed by atoms with Gasteiger partial charge >= 0.3 is 6.03 Å². The Hall–Kier alpha value is -1.75. The second-order valence-electron chi connectivity index (χ2n) is 5.70. The molecule has 0 radical (unpaired) electrons. The summed E-state index contributed by atoms with van der Waals surface area (Å²) in [5, 5.41) is 5.70. The van der Waals surface area contributed by atoms with Crippen LogP contribution in [0.25, 0.3) is 0 Å². The van der Waals surface area contributed by atoms with E-state index < -0.39 is 0 Å². The van der Waals surface area contributed by atoms with Gasteiger partial charge in [0, 0.05) is 24.9 Å². The number of nitrogens with one attached hydrogen (secondary N) is 2. The van der Waals surface area contributed by atoms with Crippen LogP contribution in [0.5, 0.6) is 5.75 Å². The molecule has 1 atom stereocenters. The van der Waals surface area contributed by atoms with Crippen molar-refractivity contribution in [3.63, 3.8) is 0 Å². The highest BCUT2D eigenvalue weighted by Gasteiger charge is 2.14. The van der Waals surface area contributed by atoms with Crippen molar-refractivity contribution in [1.82, 2.24) is 5.32 Å². The monoisotopic (exact) mass is 306 g/mol. The van der Waals surface area contributed by atoms with Crippen molar-refractivity contribution in [2.24, 2.45) is 0 Å². The molecule has 0 aromatic heterocycles. The van der Waals surface area contributed by atoms with Gasteiger partial charge < -0.3 is 20.1 Å².